The van der Waals surface area contributed by atoms with Gasteiger partial charge in [0.2, 0.25) is 0 Å². The summed E-state index contributed by atoms with van der Waals surface area (Å²) in [6.45, 7) is 8.75. The van der Waals surface area contributed by atoms with Gasteiger partial charge >= 0.3 is 12.1 Å². The molecule has 0 unspecified atom stereocenters. The van der Waals surface area contributed by atoms with Crippen molar-refractivity contribution in [2.45, 2.75) is 77.4 Å². The van der Waals surface area contributed by atoms with Gasteiger partial charge in [-0.1, -0.05) is 6.42 Å². The van der Waals surface area contributed by atoms with Crippen LogP contribution in [-0.2, 0) is 14.3 Å². The lowest BCUT2D eigenvalue weighted by Gasteiger charge is -2.45. The standard InChI is InChI=1S/C19H33NO5/c1-5-24-16(21)14-7-6-8-15(13-14)19(23)9-11-20(12-10-19)17(22)25-18(2,3)4/h14-15,23H,5-13H2,1-4H3/t14-,15-/m0/s1. The average molecular weight is 355 g/mol. The second-order valence-corrected chi connectivity index (χ2v) is 8.38. The number of carbonyl (C=O) groups is 2. The number of aliphatic hydroxyl groups is 1. The van der Waals surface area contributed by atoms with Crippen molar-refractivity contribution in [2.24, 2.45) is 11.8 Å². The molecule has 1 aliphatic heterocycles. The Morgan fingerprint density at radius 3 is 2.40 bits per heavy atom. The summed E-state index contributed by atoms with van der Waals surface area (Å²) >= 11 is 0. The van der Waals surface area contributed by atoms with Crippen LogP contribution < -0.4 is 0 Å². The molecule has 1 heterocycles. The predicted octanol–water partition coefficient (Wildman–Crippen LogP) is 3.12. The van der Waals surface area contributed by atoms with E-state index in [-0.39, 0.29) is 23.9 Å². The fourth-order valence-corrected chi connectivity index (χ4v) is 3.96. The number of piperidine rings is 1. The lowest BCUT2D eigenvalue weighted by atomic mass is 9.69. The summed E-state index contributed by atoms with van der Waals surface area (Å²) in [5.74, 6) is -0.148. The normalized spacial score (nSPS) is 26.8. The zero-order chi connectivity index (χ0) is 18.7. The van der Waals surface area contributed by atoms with E-state index < -0.39 is 11.2 Å². The third kappa shape index (κ3) is 5.33. The van der Waals surface area contributed by atoms with Gasteiger partial charge in [0.1, 0.15) is 5.60 Å². The van der Waals surface area contributed by atoms with Crippen LogP contribution >= 0.6 is 0 Å². The van der Waals surface area contributed by atoms with Gasteiger partial charge in [-0.3, -0.25) is 4.79 Å². The van der Waals surface area contributed by atoms with Crippen LogP contribution in [0, 0.1) is 11.8 Å². The molecule has 25 heavy (non-hydrogen) atoms. The van der Waals surface area contributed by atoms with Crippen LogP contribution in [-0.4, -0.2) is 53.0 Å². The van der Waals surface area contributed by atoms with Crippen molar-refractivity contribution in [3.05, 3.63) is 0 Å². The number of hydrogen-bond donors (Lipinski definition) is 1. The van der Waals surface area contributed by atoms with Crippen LogP contribution in [0.5, 0.6) is 0 Å². The molecule has 6 nitrogen and oxygen atoms in total. The van der Waals surface area contributed by atoms with E-state index in [2.05, 4.69) is 0 Å². The van der Waals surface area contributed by atoms with E-state index in [1.807, 2.05) is 27.7 Å². The molecule has 2 aliphatic rings. The first-order valence-electron chi connectivity index (χ1n) is 9.51. The molecule has 0 aromatic heterocycles. The molecule has 144 valence electrons. The Morgan fingerprint density at radius 1 is 1.20 bits per heavy atom. The maximum atomic E-state index is 12.2. The quantitative estimate of drug-likeness (QED) is 0.787. The number of likely N-dealkylation sites (tertiary alicyclic amines) is 1. The summed E-state index contributed by atoms with van der Waals surface area (Å²) in [6.07, 6.45) is 4.14. The smallest absolute Gasteiger partial charge is 0.410 e. The Labute approximate surface area is 150 Å². The summed E-state index contributed by atoms with van der Waals surface area (Å²) in [7, 11) is 0. The van der Waals surface area contributed by atoms with Gasteiger partial charge < -0.3 is 19.5 Å². The maximum absolute atomic E-state index is 12.2. The molecule has 1 saturated carbocycles. The summed E-state index contributed by atoms with van der Waals surface area (Å²) in [4.78, 5) is 25.9. The first-order chi connectivity index (χ1) is 11.6. The van der Waals surface area contributed by atoms with E-state index in [4.69, 9.17) is 9.47 Å². The Bertz CT molecular complexity index is 477. The number of esters is 1. The Balaban J connectivity index is 1.91. The topological polar surface area (TPSA) is 76.1 Å². The lowest BCUT2D eigenvalue weighted by molar-refractivity contribution is -0.152. The van der Waals surface area contributed by atoms with Gasteiger partial charge in [-0.05, 0) is 65.7 Å². The highest BCUT2D eigenvalue weighted by Gasteiger charge is 2.44. The number of amides is 1. The molecule has 0 spiro atoms. The molecule has 2 atom stereocenters. The van der Waals surface area contributed by atoms with Crippen molar-refractivity contribution in [1.29, 1.82) is 0 Å². The number of ether oxygens (including phenoxy) is 2. The van der Waals surface area contributed by atoms with E-state index in [0.717, 1.165) is 19.3 Å². The molecule has 0 radical (unpaired) electrons. The number of carbonyl (C=O) groups excluding carboxylic acids is 2. The lowest BCUT2D eigenvalue weighted by Crippen LogP contribution is -2.52. The Hall–Kier alpha value is -1.30. The molecule has 2 fully saturated rings. The van der Waals surface area contributed by atoms with Gasteiger partial charge in [0.15, 0.2) is 0 Å². The van der Waals surface area contributed by atoms with E-state index in [9.17, 15) is 14.7 Å². The zero-order valence-corrected chi connectivity index (χ0v) is 16.0. The molecule has 1 amide bonds. The van der Waals surface area contributed by atoms with Crippen LogP contribution in [0.4, 0.5) is 4.79 Å². The van der Waals surface area contributed by atoms with Crippen LogP contribution in [0.1, 0.15) is 66.2 Å². The van der Waals surface area contributed by atoms with Crippen molar-refractivity contribution in [1.82, 2.24) is 4.90 Å². The summed E-state index contributed by atoms with van der Waals surface area (Å²) in [6, 6.07) is 0. The maximum Gasteiger partial charge on any atom is 0.410 e. The molecule has 0 aromatic carbocycles. The van der Waals surface area contributed by atoms with Crippen LogP contribution in [0.2, 0.25) is 0 Å². The van der Waals surface area contributed by atoms with Crippen molar-refractivity contribution in [3.63, 3.8) is 0 Å². The molecule has 0 bridgehead atoms. The average Bonchev–Trinajstić information content (AvgIpc) is 2.54. The van der Waals surface area contributed by atoms with Gasteiger partial charge in [0.05, 0.1) is 18.1 Å². The van der Waals surface area contributed by atoms with Gasteiger partial charge in [0.25, 0.3) is 0 Å². The molecule has 6 heteroatoms. The molecule has 1 N–H and O–H groups in total. The van der Waals surface area contributed by atoms with Gasteiger partial charge in [-0.15, -0.1) is 0 Å². The number of hydrogen-bond acceptors (Lipinski definition) is 5. The van der Waals surface area contributed by atoms with Crippen molar-refractivity contribution < 1.29 is 24.2 Å². The minimum atomic E-state index is -0.802. The van der Waals surface area contributed by atoms with E-state index >= 15 is 0 Å². The third-order valence-electron chi connectivity index (χ3n) is 5.34. The predicted molar refractivity (Wildman–Crippen MR) is 94.1 cm³/mol. The minimum Gasteiger partial charge on any atom is -0.466 e. The molecule has 0 aromatic rings. The van der Waals surface area contributed by atoms with Crippen LogP contribution in [0.3, 0.4) is 0 Å². The van der Waals surface area contributed by atoms with Gasteiger partial charge in [-0.25, -0.2) is 4.79 Å². The number of rotatable bonds is 3. The molecule has 2 rings (SSSR count). The first-order valence-corrected chi connectivity index (χ1v) is 9.51. The fraction of sp³-hybridized carbons (Fsp3) is 0.895. The van der Waals surface area contributed by atoms with Crippen LogP contribution in [0.15, 0.2) is 0 Å². The summed E-state index contributed by atoms with van der Waals surface area (Å²) in [5, 5.41) is 11.1. The SMILES string of the molecule is CCOC(=O)[C@H]1CCC[C@H](C2(O)CCN(C(=O)OC(C)(C)C)CC2)C1. The monoisotopic (exact) mass is 355 g/mol. The fourth-order valence-electron chi connectivity index (χ4n) is 3.96. The molecular weight excluding hydrogens is 322 g/mol. The van der Waals surface area contributed by atoms with E-state index in [1.165, 1.54) is 0 Å². The van der Waals surface area contributed by atoms with Crippen molar-refractivity contribution >= 4 is 12.1 Å². The van der Waals surface area contributed by atoms with Crippen molar-refractivity contribution in [2.75, 3.05) is 19.7 Å². The van der Waals surface area contributed by atoms with Gasteiger partial charge in [0, 0.05) is 13.1 Å². The second kappa shape index (κ2) is 7.94. The van der Waals surface area contributed by atoms with Crippen molar-refractivity contribution in [3.8, 4) is 0 Å². The third-order valence-corrected chi connectivity index (χ3v) is 5.34. The first kappa shape index (κ1) is 20.0. The minimum absolute atomic E-state index is 0.0939. The van der Waals surface area contributed by atoms with E-state index in [1.54, 1.807) is 4.90 Å². The van der Waals surface area contributed by atoms with Gasteiger partial charge in [-0.2, -0.15) is 0 Å². The van der Waals surface area contributed by atoms with E-state index in [0.29, 0.717) is 39.0 Å². The highest BCUT2D eigenvalue weighted by molar-refractivity contribution is 5.72. The second-order valence-electron chi connectivity index (χ2n) is 8.38. The molecular formula is C19H33NO5. The van der Waals surface area contributed by atoms with Crippen LogP contribution in [0.25, 0.3) is 0 Å². The Kier molecular flexibility index (Phi) is 6.35. The molecule has 1 saturated heterocycles. The number of nitrogens with zero attached hydrogens (tertiary/aromatic N) is 1. The molecule has 1 aliphatic carbocycles. The summed E-state index contributed by atoms with van der Waals surface area (Å²) < 4.78 is 10.6. The Morgan fingerprint density at radius 2 is 1.84 bits per heavy atom. The highest BCUT2D eigenvalue weighted by atomic mass is 16.6. The summed E-state index contributed by atoms with van der Waals surface area (Å²) in [5.41, 5.74) is -1.31. The largest absolute Gasteiger partial charge is 0.466 e. The highest BCUT2D eigenvalue weighted by Crippen LogP contribution is 2.41. The zero-order valence-electron chi connectivity index (χ0n) is 16.0.